The Balaban J connectivity index is 1.54. The maximum atomic E-state index is 14.5. The minimum Gasteiger partial charge on any atom is -0.479 e. The first-order valence-corrected chi connectivity index (χ1v) is 12.3. The molecular formula is C29H32FN3O3. The molecule has 188 valence electrons. The van der Waals surface area contributed by atoms with E-state index in [4.69, 9.17) is 4.74 Å². The summed E-state index contributed by atoms with van der Waals surface area (Å²) < 4.78 is 20.2. The third-order valence-corrected chi connectivity index (χ3v) is 6.49. The molecule has 3 aromatic rings. The average molecular weight is 490 g/mol. The van der Waals surface area contributed by atoms with Crippen LogP contribution in [0.3, 0.4) is 0 Å². The number of nitrogens with one attached hydrogen (secondary N) is 1. The van der Waals surface area contributed by atoms with Gasteiger partial charge in [0.1, 0.15) is 18.0 Å². The second-order valence-electron chi connectivity index (χ2n) is 9.46. The molecule has 2 heterocycles. The zero-order chi connectivity index (χ0) is 25.7. The lowest BCUT2D eigenvalue weighted by atomic mass is 9.95. The fourth-order valence-corrected chi connectivity index (χ4v) is 4.50. The highest BCUT2D eigenvalue weighted by Gasteiger charge is 2.42. The van der Waals surface area contributed by atoms with Gasteiger partial charge in [-0.3, -0.25) is 14.6 Å². The molecule has 1 saturated heterocycles. The molecule has 0 spiro atoms. The Kier molecular flexibility index (Phi) is 7.98. The lowest BCUT2D eigenvalue weighted by Crippen LogP contribution is -2.50. The van der Waals surface area contributed by atoms with Crippen LogP contribution in [0.25, 0.3) is 0 Å². The summed E-state index contributed by atoms with van der Waals surface area (Å²) >= 11 is 0. The van der Waals surface area contributed by atoms with Gasteiger partial charge in [-0.1, -0.05) is 68.4 Å². The molecule has 1 aromatic heterocycles. The van der Waals surface area contributed by atoms with E-state index < -0.39 is 30.3 Å². The van der Waals surface area contributed by atoms with Crippen molar-refractivity contribution in [3.8, 4) is 5.75 Å². The molecule has 1 aliphatic rings. The Bertz CT molecular complexity index is 1160. The van der Waals surface area contributed by atoms with Gasteiger partial charge >= 0.3 is 0 Å². The van der Waals surface area contributed by atoms with E-state index in [-0.39, 0.29) is 18.9 Å². The maximum Gasteiger partial charge on any atom is 0.264 e. The summed E-state index contributed by atoms with van der Waals surface area (Å²) in [6.45, 7) is 5.71. The first-order chi connectivity index (χ1) is 17.3. The Hall–Kier alpha value is -3.74. The van der Waals surface area contributed by atoms with E-state index in [1.165, 1.54) is 16.7 Å². The maximum absolute atomic E-state index is 14.5. The van der Waals surface area contributed by atoms with Gasteiger partial charge in [-0.25, -0.2) is 4.39 Å². The number of rotatable bonds is 8. The van der Waals surface area contributed by atoms with Gasteiger partial charge in [-0.15, -0.1) is 0 Å². The van der Waals surface area contributed by atoms with Crippen LogP contribution >= 0.6 is 0 Å². The molecular weight excluding hydrogens is 457 g/mol. The minimum atomic E-state index is -1.28. The van der Waals surface area contributed by atoms with Crippen molar-refractivity contribution in [3.63, 3.8) is 0 Å². The average Bonchev–Trinajstić information content (AvgIpc) is 3.29. The molecule has 1 fully saturated rings. The number of likely N-dealkylation sites (tertiary alicyclic amines) is 1. The number of hydrogen-bond donors (Lipinski definition) is 1. The molecule has 6 nitrogen and oxygen atoms in total. The van der Waals surface area contributed by atoms with E-state index in [0.717, 1.165) is 11.1 Å². The van der Waals surface area contributed by atoms with Gasteiger partial charge in [0, 0.05) is 12.6 Å². The lowest BCUT2D eigenvalue weighted by molar-refractivity contribution is -0.143. The number of aromatic nitrogens is 1. The summed E-state index contributed by atoms with van der Waals surface area (Å²) in [5.41, 5.74) is 3.02. The standard InChI is InChI=1S/C29H32FN3O3/c1-19(2)21-11-13-23(14-12-21)27(22-8-5-4-6-9-22)32-28(34)26-16-24(30)18-33(26)29(35)20(3)36-25-10-7-15-31-17-25/h4-15,17,19-20,24,26-27H,16,18H2,1-3H3,(H,32,34). The zero-order valence-corrected chi connectivity index (χ0v) is 20.8. The predicted octanol–water partition coefficient (Wildman–Crippen LogP) is 4.82. The quantitative estimate of drug-likeness (QED) is 0.493. The van der Waals surface area contributed by atoms with E-state index in [1.807, 2.05) is 42.5 Å². The number of carbonyl (C=O) groups excluding carboxylic acids is 2. The molecule has 4 atom stereocenters. The summed E-state index contributed by atoms with van der Waals surface area (Å²) in [5.74, 6) is -0.000796. The molecule has 0 radical (unpaired) electrons. The fraction of sp³-hybridized carbons (Fsp3) is 0.345. The van der Waals surface area contributed by atoms with Crippen molar-refractivity contribution >= 4 is 11.8 Å². The molecule has 0 bridgehead atoms. The second kappa shape index (κ2) is 11.3. The number of pyridine rings is 1. The topological polar surface area (TPSA) is 71.5 Å². The Morgan fingerprint density at radius 1 is 0.972 bits per heavy atom. The monoisotopic (exact) mass is 489 g/mol. The SMILES string of the molecule is CC(Oc1cccnc1)C(=O)N1CC(F)CC1C(=O)NC(c1ccccc1)c1ccc(C(C)C)cc1. The van der Waals surface area contributed by atoms with Gasteiger partial charge < -0.3 is 15.0 Å². The predicted molar refractivity (Wildman–Crippen MR) is 136 cm³/mol. The molecule has 0 saturated carbocycles. The number of benzene rings is 2. The first-order valence-electron chi connectivity index (χ1n) is 12.3. The molecule has 1 aliphatic heterocycles. The van der Waals surface area contributed by atoms with Gasteiger partial charge in [0.05, 0.1) is 18.8 Å². The number of hydrogen-bond acceptors (Lipinski definition) is 4. The molecule has 7 heteroatoms. The molecule has 4 rings (SSSR count). The molecule has 2 aromatic carbocycles. The number of amides is 2. The zero-order valence-electron chi connectivity index (χ0n) is 20.8. The number of carbonyl (C=O) groups is 2. The molecule has 0 aliphatic carbocycles. The van der Waals surface area contributed by atoms with Crippen molar-refractivity contribution in [2.75, 3.05) is 6.54 Å². The van der Waals surface area contributed by atoms with Crippen molar-refractivity contribution in [2.24, 2.45) is 0 Å². The summed E-state index contributed by atoms with van der Waals surface area (Å²) in [7, 11) is 0. The largest absolute Gasteiger partial charge is 0.479 e. The number of halogens is 1. The van der Waals surface area contributed by atoms with E-state index >= 15 is 0 Å². The van der Waals surface area contributed by atoms with Crippen LogP contribution in [0.2, 0.25) is 0 Å². The van der Waals surface area contributed by atoms with Crippen LogP contribution in [-0.2, 0) is 9.59 Å². The third-order valence-electron chi connectivity index (χ3n) is 6.49. The van der Waals surface area contributed by atoms with Crippen LogP contribution in [0.1, 0.15) is 55.8 Å². The van der Waals surface area contributed by atoms with Crippen LogP contribution in [0.15, 0.2) is 79.1 Å². The van der Waals surface area contributed by atoms with Crippen molar-refractivity contribution in [3.05, 3.63) is 95.8 Å². The van der Waals surface area contributed by atoms with Crippen molar-refractivity contribution in [1.82, 2.24) is 15.2 Å². The Labute approximate surface area is 211 Å². The lowest BCUT2D eigenvalue weighted by Gasteiger charge is -2.29. The Morgan fingerprint density at radius 2 is 1.64 bits per heavy atom. The number of nitrogens with zero attached hydrogens (tertiary/aromatic N) is 2. The summed E-state index contributed by atoms with van der Waals surface area (Å²) in [6, 6.07) is 19.8. The molecule has 36 heavy (non-hydrogen) atoms. The van der Waals surface area contributed by atoms with Crippen LogP contribution < -0.4 is 10.1 Å². The van der Waals surface area contributed by atoms with Crippen LogP contribution in [0.5, 0.6) is 5.75 Å². The van der Waals surface area contributed by atoms with Crippen molar-refractivity contribution in [2.45, 2.75) is 57.5 Å². The van der Waals surface area contributed by atoms with Gasteiger partial charge in [0.25, 0.3) is 5.91 Å². The molecule has 2 amide bonds. The van der Waals surface area contributed by atoms with E-state index in [0.29, 0.717) is 11.7 Å². The van der Waals surface area contributed by atoms with E-state index in [9.17, 15) is 14.0 Å². The fourth-order valence-electron chi connectivity index (χ4n) is 4.50. The number of ether oxygens (including phenoxy) is 1. The smallest absolute Gasteiger partial charge is 0.264 e. The van der Waals surface area contributed by atoms with Gasteiger partial charge in [-0.2, -0.15) is 0 Å². The van der Waals surface area contributed by atoms with Gasteiger partial charge in [0.15, 0.2) is 6.10 Å². The van der Waals surface area contributed by atoms with Crippen molar-refractivity contribution in [1.29, 1.82) is 0 Å². The Morgan fingerprint density at radius 3 is 2.28 bits per heavy atom. The highest BCUT2D eigenvalue weighted by Crippen LogP contribution is 2.27. The molecule has 1 N–H and O–H groups in total. The summed E-state index contributed by atoms with van der Waals surface area (Å²) in [6.07, 6.45) is 0.891. The summed E-state index contributed by atoms with van der Waals surface area (Å²) in [5, 5.41) is 3.08. The third kappa shape index (κ3) is 5.90. The van der Waals surface area contributed by atoms with Gasteiger partial charge in [-0.05, 0) is 41.7 Å². The normalized spacial score (nSPS) is 19.1. The minimum absolute atomic E-state index is 0.0506. The van der Waals surface area contributed by atoms with Crippen LogP contribution in [-0.4, -0.2) is 46.6 Å². The van der Waals surface area contributed by atoms with Crippen LogP contribution in [0.4, 0.5) is 4.39 Å². The van der Waals surface area contributed by atoms with Crippen LogP contribution in [0, 0.1) is 0 Å². The second-order valence-corrected chi connectivity index (χ2v) is 9.46. The van der Waals surface area contributed by atoms with Crippen molar-refractivity contribution < 1.29 is 18.7 Å². The highest BCUT2D eigenvalue weighted by atomic mass is 19.1. The first kappa shape index (κ1) is 25.4. The van der Waals surface area contributed by atoms with E-state index in [1.54, 1.807) is 25.3 Å². The molecule has 4 unspecified atom stereocenters. The summed E-state index contributed by atoms with van der Waals surface area (Å²) in [4.78, 5) is 31.9. The van der Waals surface area contributed by atoms with Gasteiger partial charge in [0.2, 0.25) is 5.91 Å². The van der Waals surface area contributed by atoms with E-state index in [2.05, 4.69) is 36.3 Å². The highest BCUT2D eigenvalue weighted by molar-refractivity contribution is 5.90. The number of alkyl halides is 1.